The van der Waals surface area contributed by atoms with Crippen LogP contribution < -0.4 is 0 Å². The summed E-state index contributed by atoms with van der Waals surface area (Å²) in [6.07, 6.45) is 9.82. The Balaban J connectivity index is 1.78. The van der Waals surface area contributed by atoms with Gasteiger partial charge in [0.25, 0.3) is 0 Å². The van der Waals surface area contributed by atoms with Crippen molar-refractivity contribution in [2.75, 3.05) is 0 Å². The average molecular weight is 296 g/mol. The van der Waals surface area contributed by atoms with Gasteiger partial charge in [-0.1, -0.05) is 48.6 Å². The van der Waals surface area contributed by atoms with Crippen LogP contribution in [0.3, 0.4) is 0 Å². The van der Waals surface area contributed by atoms with E-state index < -0.39 is 0 Å². The van der Waals surface area contributed by atoms with Crippen molar-refractivity contribution >= 4 is 27.6 Å². The normalized spacial score (nSPS) is 17.5. The highest BCUT2D eigenvalue weighted by molar-refractivity contribution is 5.90. The monoisotopic (exact) mass is 296 g/mol. The number of benzene rings is 2. The molecule has 0 radical (unpaired) electrons. The molecule has 110 valence electrons. The summed E-state index contributed by atoms with van der Waals surface area (Å²) >= 11 is 0. The van der Waals surface area contributed by atoms with Gasteiger partial charge in [-0.15, -0.1) is 0 Å². The molecule has 1 aliphatic carbocycles. The van der Waals surface area contributed by atoms with Gasteiger partial charge in [0.05, 0.1) is 16.6 Å². The Morgan fingerprint density at radius 1 is 0.913 bits per heavy atom. The highest BCUT2D eigenvalue weighted by atomic mass is 15.0. The first kappa shape index (κ1) is 12.7. The van der Waals surface area contributed by atoms with Crippen molar-refractivity contribution in [1.82, 2.24) is 9.38 Å². The SMILES string of the molecule is C1=CCC(c2ccc3c(c2)nc2ccc4ccccc4n23)C=C1. The van der Waals surface area contributed by atoms with E-state index in [1.54, 1.807) is 0 Å². The lowest BCUT2D eigenvalue weighted by atomic mass is 9.92. The lowest BCUT2D eigenvalue weighted by Gasteiger charge is -2.13. The molecule has 0 aliphatic heterocycles. The van der Waals surface area contributed by atoms with E-state index >= 15 is 0 Å². The number of para-hydroxylation sites is 1. The quantitative estimate of drug-likeness (QED) is 0.469. The topological polar surface area (TPSA) is 17.3 Å². The van der Waals surface area contributed by atoms with Crippen LogP contribution in [0.15, 0.2) is 78.9 Å². The molecule has 2 heteroatoms. The highest BCUT2D eigenvalue weighted by Crippen LogP contribution is 2.29. The van der Waals surface area contributed by atoms with E-state index in [2.05, 4.69) is 83.3 Å². The first-order valence-corrected chi connectivity index (χ1v) is 8.03. The second-order valence-electron chi connectivity index (χ2n) is 6.10. The van der Waals surface area contributed by atoms with Crippen LogP contribution in [0, 0.1) is 0 Å². The Morgan fingerprint density at radius 3 is 2.78 bits per heavy atom. The van der Waals surface area contributed by atoms with Crippen LogP contribution in [0.4, 0.5) is 0 Å². The van der Waals surface area contributed by atoms with Crippen molar-refractivity contribution in [2.45, 2.75) is 12.3 Å². The maximum absolute atomic E-state index is 4.84. The molecular formula is C21H16N2. The second-order valence-corrected chi connectivity index (χ2v) is 6.10. The third-order valence-electron chi connectivity index (χ3n) is 4.70. The van der Waals surface area contributed by atoms with Crippen LogP contribution in [0.5, 0.6) is 0 Å². The molecule has 0 N–H and O–H groups in total. The highest BCUT2D eigenvalue weighted by Gasteiger charge is 2.12. The zero-order valence-electron chi connectivity index (χ0n) is 12.7. The Bertz CT molecular complexity index is 1100. The lowest BCUT2D eigenvalue weighted by molar-refractivity contribution is 0.855. The van der Waals surface area contributed by atoms with Crippen LogP contribution in [0.25, 0.3) is 27.6 Å². The summed E-state index contributed by atoms with van der Waals surface area (Å²) < 4.78 is 2.26. The van der Waals surface area contributed by atoms with E-state index in [-0.39, 0.29) is 0 Å². The van der Waals surface area contributed by atoms with Crippen molar-refractivity contribution < 1.29 is 0 Å². The minimum absolute atomic E-state index is 0.464. The van der Waals surface area contributed by atoms with Crippen LogP contribution in [-0.2, 0) is 0 Å². The number of hydrogen-bond donors (Lipinski definition) is 0. The molecule has 1 aliphatic rings. The van der Waals surface area contributed by atoms with Gasteiger partial charge < -0.3 is 0 Å². The minimum atomic E-state index is 0.464. The predicted molar refractivity (Wildman–Crippen MR) is 95.8 cm³/mol. The molecule has 0 amide bonds. The first-order valence-electron chi connectivity index (χ1n) is 8.03. The third-order valence-corrected chi connectivity index (χ3v) is 4.70. The molecular weight excluding hydrogens is 280 g/mol. The molecule has 0 bridgehead atoms. The molecule has 0 saturated heterocycles. The molecule has 4 aromatic rings. The van der Waals surface area contributed by atoms with E-state index in [9.17, 15) is 0 Å². The van der Waals surface area contributed by atoms with E-state index in [4.69, 9.17) is 4.98 Å². The van der Waals surface area contributed by atoms with Crippen molar-refractivity contribution in [3.63, 3.8) is 0 Å². The maximum atomic E-state index is 4.84. The van der Waals surface area contributed by atoms with Gasteiger partial charge in [-0.05, 0) is 47.7 Å². The molecule has 5 rings (SSSR count). The van der Waals surface area contributed by atoms with Gasteiger partial charge in [-0.25, -0.2) is 4.98 Å². The minimum Gasteiger partial charge on any atom is -0.292 e. The van der Waals surface area contributed by atoms with Crippen molar-refractivity contribution in [3.05, 3.63) is 84.5 Å². The summed E-state index contributed by atoms with van der Waals surface area (Å²) in [5.74, 6) is 0.464. The van der Waals surface area contributed by atoms with E-state index in [1.807, 2.05) is 0 Å². The second kappa shape index (κ2) is 4.82. The molecule has 0 fully saturated rings. The molecule has 23 heavy (non-hydrogen) atoms. The average Bonchev–Trinajstić information content (AvgIpc) is 3.00. The standard InChI is InChI=1S/C21H16N2/c1-2-6-15(7-3-1)17-10-12-20-18(14-17)22-21-13-11-16-8-4-5-9-19(16)23(20)21/h1-6,8-15H,7H2. The molecule has 2 nitrogen and oxygen atoms in total. The molecule has 2 aromatic carbocycles. The first-order chi connectivity index (χ1) is 11.4. The van der Waals surface area contributed by atoms with Gasteiger partial charge in [0, 0.05) is 5.92 Å². The lowest BCUT2D eigenvalue weighted by Crippen LogP contribution is -1.96. The number of pyridine rings is 1. The molecule has 0 saturated carbocycles. The number of aromatic nitrogens is 2. The summed E-state index contributed by atoms with van der Waals surface area (Å²) in [7, 11) is 0. The maximum Gasteiger partial charge on any atom is 0.138 e. The number of rotatable bonds is 1. The number of imidazole rings is 1. The van der Waals surface area contributed by atoms with Crippen LogP contribution in [-0.4, -0.2) is 9.38 Å². The fourth-order valence-corrected chi connectivity index (χ4v) is 3.54. The van der Waals surface area contributed by atoms with Crippen molar-refractivity contribution in [2.24, 2.45) is 0 Å². The Kier molecular flexibility index (Phi) is 2.65. The Hall–Kier alpha value is -2.87. The zero-order chi connectivity index (χ0) is 15.2. The Labute approximate surface area is 134 Å². The smallest absolute Gasteiger partial charge is 0.138 e. The number of allylic oxidation sites excluding steroid dienone is 4. The summed E-state index contributed by atoms with van der Waals surface area (Å²) in [6.45, 7) is 0. The molecule has 0 spiro atoms. The fourth-order valence-electron chi connectivity index (χ4n) is 3.54. The van der Waals surface area contributed by atoms with Crippen LogP contribution in [0.2, 0.25) is 0 Å². The number of fused-ring (bicyclic) bond motifs is 5. The van der Waals surface area contributed by atoms with Crippen LogP contribution in [0.1, 0.15) is 17.9 Å². The number of nitrogens with zero attached hydrogens (tertiary/aromatic N) is 2. The van der Waals surface area contributed by atoms with Gasteiger partial charge in [0.15, 0.2) is 0 Å². The fraction of sp³-hybridized carbons (Fsp3) is 0.0952. The molecule has 1 atom stereocenters. The summed E-state index contributed by atoms with van der Waals surface area (Å²) in [5, 5.41) is 1.24. The van der Waals surface area contributed by atoms with Gasteiger partial charge in [-0.3, -0.25) is 4.40 Å². The largest absolute Gasteiger partial charge is 0.292 e. The Morgan fingerprint density at radius 2 is 1.87 bits per heavy atom. The number of hydrogen-bond acceptors (Lipinski definition) is 1. The van der Waals surface area contributed by atoms with E-state index in [0.717, 1.165) is 17.6 Å². The van der Waals surface area contributed by atoms with E-state index in [1.165, 1.54) is 22.0 Å². The van der Waals surface area contributed by atoms with Crippen LogP contribution >= 0.6 is 0 Å². The van der Waals surface area contributed by atoms with Gasteiger partial charge in [0.2, 0.25) is 0 Å². The van der Waals surface area contributed by atoms with E-state index in [0.29, 0.717) is 5.92 Å². The van der Waals surface area contributed by atoms with Crippen molar-refractivity contribution in [3.8, 4) is 0 Å². The third kappa shape index (κ3) is 1.92. The summed E-state index contributed by atoms with van der Waals surface area (Å²) in [4.78, 5) is 4.84. The molecule has 1 unspecified atom stereocenters. The van der Waals surface area contributed by atoms with Gasteiger partial charge in [-0.2, -0.15) is 0 Å². The van der Waals surface area contributed by atoms with Gasteiger partial charge >= 0.3 is 0 Å². The predicted octanol–water partition coefficient (Wildman–Crippen LogP) is 5.24. The molecule has 2 aromatic heterocycles. The summed E-state index contributed by atoms with van der Waals surface area (Å²) in [6, 6.07) is 19.4. The molecule has 2 heterocycles. The van der Waals surface area contributed by atoms with Gasteiger partial charge in [0.1, 0.15) is 5.65 Å². The zero-order valence-corrected chi connectivity index (χ0v) is 12.7. The van der Waals surface area contributed by atoms with Crippen molar-refractivity contribution in [1.29, 1.82) is 0 Å². The summed E-state index contributed by atoms with van der Waals surface area (Å²) in [5.41, 5.74) is 5.80.